The average molecular weight is 198 g/mol. The van der Waals surface area contributed by atoms with E-state index in [4.69, 9.17) is 0 Å². The number of hydrogen-bond acceptors (Lipinski definition) is 1. The smallest absolute Gasteiger partial charge is 0.129 e. The van der Waals surface area contributed by atoms with E-state index < -0.39 is 17.7 Å². The van der Waals surface area contributed by atoms with E-state index in [1.165, 1.54) is 0 Å². The predicted molar refractivity (Wildman–Crippen MR) is 49.0 cm³/mol. The summed E-state index contributed by atoms with van der Waals surface area (Å²) >= 11 is 0. The maximum Gasteiger partial charge on any atom is 0.129 e. The van der Waals surface area contributed by atoms with Crippen molar-refractivity contribution in [3.63, 3.8) is 0 Å². The van der Waals surface area contributed by atoms with Gasteiger partial charge in [0.15, 0.2) is 0 Å². The summed E-state index contributed by atoms with van der Waals surface area (Å²) in [4.78, 5) is 0. The quantitative estimate of drug-likeness (QED) is 0.679. The molecule has 0 bridgehead atoms. The van der Waals surface area contributed by atoms with E-state index >= 15 is 0 Å². The fourth-order valence-electron chi connectivity index (χ4n) is 2.11. The second kappa shape index (κ2) is 3.31. The first kappa shape index (κ1) is 9.59. The molecule has 0 radical (unpaired) electrons. The van der Waals surface area contributed by atoms with Crippen molar-refractivity contribution < 1.29 is 13.9 Å². The number of rotatable bonds is 0. The Balaban J connectivity index is 2.67. The summed E-state index contributed by atoms with van der Waals surface area (Å²) in [5, 5.41) is 9.66. The lowest BCUT2D eigenvalue weighted by Gasteiger charge is -2.24. The maximum atomic E-state index is 13.3. The number of benzene rings is 1. The molecule has 3 heteroatoms. The molecule has 14 heavy (non-hydrogen) atoms. The van der Waals surface area contributed by atoms with Crippen LogP contribution in [0, 0.1) is 18.6 Å². The van der Waals surface area contributed by atoms with E-state index in [0.29, 0.717) is 29.5 Å². The van der Waals surface area contributed by atoms with Crippen LogP contribution >= 0.6 is 0 Å². The molecule has 0 saturated carbocycles. The summed E-state index contributed by atoms with van der Waals surface area (Å²) < 4.78 is 26.5. The van der Waals surface area contributed by atoms with E-state index in [-0.39, 0.29) is 0 Å². The first-order valence-corrected chi connectivity index (χ1v) is 4.76. The summed E-state index contributed by atoms with van der Waals surface area (Å²) in [6.45, 7) is 1.59. The van der Waals surface area contributed by atoms with Crippen LogP contribution < -0.4 is 0 Å². The van der Waals surface area contributed by atoms with E-state index in [1.54, 1.807) is 6.92 Å². The highest BCUT2D eigenvalue weighted by atomic mass is 19.1. The Morgan fingerprint density at radius 2 is 2.07 bits per heavy atom. The van der Waals surface area contributed by atoms with Gasteiger partial charge in [0.1, 0.15) is 11.6 Å². The van der Waals surface area contributed by atoms with Gasteiger partial charge in [0.25, 0.3) is 0 Å². The fraction of sp³-hybridized carbons (Fsp3) is 0.455. The van der Waals surface area contributed by atoms with Gasteiger partial charge in [0, 0.05) is 6.07 Å². The normalized spacial score (nSPS) is 20.7. The van der Waals surface area contributed by atoms with Gasteiger partial charge in [0.2, 0.25) is 0 Å². The van der Waals surface area contributed by atoms with E-state index in [9.17, 15) is 13.9 Å². The molecule has 1 aromatic rings. The molecule has 1 unspecified atom stereocenters. The Hall–Kier alpha value is -0.960. The fourth-order valence-corrected chi connectivity index (χ4v) is 2.11. The lowest BCUT2D eigenvalue weighted by Crippen LogP contribution is -2.14. The Labute approximate surface area is 81.4 Å². The van der Waals surface area contributed by atoms with Gasteiger partial charge in [-0.2, -0.15) is 0 Å². The SMILES string of the molecule is Cc1c(F)cc(F)c2c1C(O)CCC2. The van der Waals surface area contributed by atoms with Gasteiger partial charge in [0.05, 0.1) is 6.10 Å². The zero-order chi connectivity index (χ0) is 10.3. The van der Waals surface area contributed by atoms with Crippen LogP contribution in [0.15, 0.2) is 6.07 Å². The highest BCUT2D eigenvalue weighted by Crippen LogP contribution is 2.34. The van der Waals surface area contributed by atoms with Crippen LogP contribution in [0.4, 0.5) is 8.78 Å². The van der Waals surface area contributed by atoms with E-state index in [0.717, 1.165) is 12.5 Å². The highest BCUT2D eigenvalue weighted by Gasteiger charge is 2.24. The minimum atomic E-state index is -0.705. The first-order valence-electron chi connectivity index (χ1n) is 4.76. The molecule has 0 aromatic heterocycles. The summed E-state index contributed by atoms with van der Waals surface area (Å²) in [6.07, 6.45) is 1.25. The molecule has 0 fully saturated rings. The van der Waals surface area contributed by atoms with Gasteiger partial charge in [-0.05, 0) is 42.9 Å². The zero-order valence-electron chi connectivity index (χ0n) is 7.98. The largest absolute Gasteiger partial charge is 0.388 e. The molecule has 0 spiro atoms. The maximum absolute atomic E-state index is 13.3. The minimum absolute atomic E-state index is 0.383. The van der Waals surface area contributed by atoms with Crippen molar-refractivity contribution in [3.05, 3.63) is 34.4 Å². The highest BCUT2D eigenvalue weighted by molar-refractivity contribution is 5.39. The number of aliphatic hydroxyl groups is 1. The molecule has 0 aliphatic heterocycles. The molecule has 1 aliphatic carbocycles. The molecule has 1 aromatic carbocycles. The zero-order valence-corrected chi connectivity index (χ0v) is 7.98. The summed E-state index contributed by atoms with van der Waals surface area (Å²) in [6, 6.07) is 0.909. The molecule has 0 heterocycles. The Kier molecular flexibility index (Phi) is 2.27. The molecule has 76 valence electrons. The molecule has 1 atom stereocenters. The lowest BCUT2D eigenvalue weighted by molar-refractivity contribution is 0.154. The van der Waals surface area contributed by atoms with E-state index in [1.807, 2.05) is 0 Å². The number of halogens is 2. The van der Waals surface area contributed by atoms with Crippen LogP contribution in [0.5, 0.6) is 0 Å². The van der Waals surface area contributed by atoms with Crippen LogP contribution in [0.1, 0.15) is 35.6 Å². The third kappa shape index (κ3) is 1.32. The van der Waals surface area contributed by atoms with E-state index in [2.05, 4.69) is 0 Å². The van der Waals surface area contributed by atoms with Gasteiger partial charge in [-0.1, -0.05) is 0 Å². The van der Waals surface area contributed by atoms with Crippen LogP contribution in [0.25, 0.3) is 0 Å². The van der Waals surface area contributed by atoms with Gasteiger partial charge in [-0.25, -0.2) is 8.78 Å². The van der Waals surface area contributed by atoms with Crippen molar-refractivity contribution >= 4 is 0 Å². The van der Waals surface area contributed by atoms with Crippen LogP contribution in [0.3, 0.4) is 0 Å². The van der Waals surface area contributed by atoms with Crippen molar-refractivity contribution in [1.29, 1.82) is 0 Å². The summed E-state index contributed by atoms with van der Waals surface area (Å²) in [5.74, 6) is -1.09. The third-order valence-electron chi connectivity index (χ3n) is 2.87. The van der Waals surface area contributed by atoms with Crippen molar-refractivity contribution in [3.8, 4) is 0 Å². The molecule has 2 rings (SSSR count). The minimum Gasteiger partial charge on any atom is -0.388 e. The molecule has 1 N–H and O–H groups in total. The van der Waals surface area contributed by atoms with Crippen molar-refractivity contribution in [2.45, 2.75) is 32.3 Å². The van der Waals surface area contributed by atoms with Crippen LogP contribution in [0.2, 0.25) is 0 Å². The molecule has 0 saturated heterocycles. The van der Waals surface area contributed by atoms with Gasteiger partial charge in [-0.3, -0.25) is 0 Å². The summed E-state index contributed by atoms with van der Waals surface area (Å²) in [7, 11) is 0. The molecular formula is C11H12F2O. The van der Waals surface area contributed by atoms with Crippen molar-refractivity contribution in [2.75, 3.05) is 0 Å². The summed E-state index contributed by atoms with van der Waals surface area (Å²) in [5.41, 5.74) is 1.34. The molecule has 0 amide bonds. The third-order valence-corrected chi connectivity index (χ3v) is 2.87. The second-order valence-corrected chi connectivity index (χ2v) is 3.77. The van der Waals surface area contributed by atoms with Gasteiger partial charge in [-0.15, -0.1) is 0 Å². The van der Waals surface area contributed by atoms with Crippen molar-refractivity contribution in [1.82, 2.24) is 0 Å². The van der Waals surface area contributed by atoms with Crippen LogP contribution in [-0.2, 0) is 6.42 Å². The average Bonchev–Trinajstić information content (AvgIpc) is 2.14. The molecular weight excluding hydrogens is 186 g/mol. The molecule has 1 aliphatic rings. The number of aliphatic hydroxyl groups excluding tert-OH is 1. The molecule has 1 nitrogen and oxygen atoms in total. The second-order valence-electron chi connectivity index (χ2n) is 3.77. The van der Waals surface area contributed by atoms with Gasteiger partial charge >= 0.3 is 0 Å². The topological polar surface area (TPSA) is 20.2 Å². The first-order chi connectivity index (χ1) is 6.61. The number of hydrogen-bond donors (Lipinski definition) is 1. The lowest BCUT2D eigenvalue weighted by atomic mass is 9.86. The standard InChI is InChI=1S/C11H12F2O/c1-6-8(12)5-9(13)7-3-2-4-10(14)11(6)7/h5,10,14H,2-4H2,1H3. The Morgan fingerprint density at radius 3 is 2.79 bits per heavy atom. The predicted octanol–water partition coefficient (Wildman–Crippen LogP) is 2.64. The monoisotopic (exact) mass is 198 g/mol. The Morgan fingerprint density at radius 1 is 1.36 bits per heavy atom. The Bertz CT molecular complexity index is 374. The van der Waals surface area contributed by atoms with Crippen LogP contribution in [-0.4, -0.2) is 5.11 Å². The van der Waals surface area contributed by atoms with Gasteiger partial charge < -0.3 is 5.11 Å². The number of fused-ring (bicyclic) bond motifs is 1. The van der Waals surface area contributed by atoms with Crippen molar-refractivity contribution in [2.24, 2.45) is 0 Å².